The van der Waals surface area contributed by atoms with Gasteiger partial charge in [-0.05, 0) is 54.6 Å². The summed E-state index contributed by atoms with van der Waals surface area (Å²) < 4.78 is 28.5. The first kappa shape index (κ1) is 18.2. The zero-order valence-electron chi connectivity index (χ0n) is 13.5. The highest BCUT2D eigenvalue weighted by Crippen LogP contribution is 2.21. The van der Waals surface area contributed by atoms with Gasteiger partial charge in [0.15, 0.2) is 0 Å². The SMILES string of the molecule is O=C(Nc1cccc(S(=O)(=O)Nc2ccc(Br)cc2)c1)c1ccccc1. The molecule has 132 valence electrons. The third-order valence-corrected chi connectivity index (χ3v) is 5.44. The van der Waals surface area contributed by atoms with E-state index in [1.165, 1.54) is 12.1 Å². The van der Waals surface area contributed by atoms with Crippen molar-refractivity contribution in [2.45, 2.75) is 4.90 Å². The Morgan fingerprint density at radius 1 is 0.808 bits per heavy atom. The van der Waals surface area contributed by atoms with E-state index in [0.29, 0.717) is 16.9 Å². The number of carbonyl (C=O) groups excluding carboxylic acids is 1. The fourth-order valence-electron chi connectivity index (χ4n) is 2.27. The van der Waals surface area contributed by atoms with Crippen molar-refractivity contribution in [3.8, 4) is 0 Å². The highest BCUT2D eigenvalue weighted by atomic mass is 79.9. The molecule has 0 aliphatic heterocycles. The van der Waals surface area contributed by atoms with Crippen LogP contribution in [0.15, 0.2) is 88.2 Å². The summed E-state index contributed by atoms with van der Waals surface area (Å²) in [6, 6.07) is 21.6. The average molecular weight is 431 g/mol. The van der Waals surface area contributed by atoms with E-state index in [1.54, 1.807) is 60.7 Å². The molecule has 2 N–H and O–H groups in total. The van der Waals surface area contributed by atoms with Crippen LogP contribution >= 0.6 is 15.9 Å². The summed E-state index contributed by atoms with van der Waals surface area (Å²) in [5.74, 6) is -0.305. The number of nitrogens with one attached hydrogen (secondary N) is 2. The molecule has 0 saturated heterocycles. The van der Waals surface area contributed by atoms with E-state index in [0.717, 1.165) is 4.47 Å². The van der Waals surface area contributed by atoms with Crippen molar-refractivity contribution >= 4 is 43.2 Å². The van der Waals surface area contributed by atoms with Gasteiger partial charge in [0.2, 0.25) is 0 Å². The molecule has 0 aliphatic carbocycles. The molecular formula is C19H15BrN2O3S. The summed E-state index contributed by atoms with van der Waals surface area (Å²) in [5, 5.41) is 2.70. The largest absolute Gasteiger partial charge is 0.322 e. The highest BCUT2D eigenvalue weighted by Gasteiger charge is 2.15. The predicted octanol–water partition coefficient (Wildman–Crippen LogP) is 4.50. The molecule has 0 aromatic heterocycles. The first-order chi connectivity index (χ1) is 12.4. The first-order valence-electron chi connectivity index (χ1n) is 7.69. The summed E-state index contributed by atoms with van der Waals surface area (Å²) in [5.41, 5.74) is 1.35. The van der Waals surface area contributed by atoms with Crippen LogP contribution in [0.1, 0.15) is 10.4 Å². The normalized spacial score (nSPS) is 11.0. The average Bonchev–Trinajstić information content (AvgIpc) is 2.64. The third-order valence-electron chi connectivity index (χ3n) is 3.53. The molecule has 0 bridgehead atoms. The topological polar surface area (TPSA) is 75.3 Å². The van der Waals surface area contributed by atoms with Gasteiger partial charge in [0.05, 0.1) is 4.90 Å². The predicted molar refractivity (Wildman–Crippen MR) is 106 cm³/mol. The van der Waals surface area contributed by atoms with Crippen LogP contribution in [0.3, 0.4) is 0 Å². The van der Waals surface area contributed by atoms with Crippen LogP contribution in [-0.2, 0) is 10.0 Å². The van der Waals surface area contributed by atoms with Gasteiger partial charge < -0.3 is 5.32 Å². The second kappa shape index (κ2) is 7.72. The molecule has 0 fully saturated rings. The van der Waals surface area contributed by atoms with Crippen LogP contribution in [0.25, 0.3) is 0 Å². The lowest BCUT2D eigenvalue weighted by Gasteiger charge is -2.10. The Bertz CT molecular complexity index is 1020. The van der Waals surface area contributed by atoms with Gasteiger partial charge in [-0.1, -0.05) is 40.2 Å². The fraction of sp³-hybridized carbons (Fsp3) is 0. The minimum atomic E-state index is -3.77. The quantitative estimate of drug-likeness (QED) is 0.625. The Labute approximate surface area is 160 Å². The summed E-state index contributed by atoms with van der Waals surface area (Å²) >= 11 is 3.30. The molecule has 0 aliphatic rings. The summed E-state index contributed by atoms with van der Waals surface area (Å²) in [4.78, 5) is 12.3. The second-order valence-corrected chi connectivity index (χ2v) is 8.06. The van der Waals surface area contributed by atoms with Gasteiger partial charge in [0.1, 0.15) is 0 Å². The lowest BCUT2D eigenvalue weighted by Crippen LogP contribution is -2.15. The number of anilines is 2. The number of benzene rings is 3. The van der Waals surface area contributed by atoms with Gasteiger partial charge in [-0.3, -0.25) is 9.52 Å². The molecule has 0 heterocycles. The Morgan fingerprint density at radius 2 is 1.50 bits per heavy atom. The van der Waals surface area contributed by atoms with E-state index in [9.17, 15) is 13.2 Å². The van der Waals surface area contributed by atoms with E-state index in [-0.39, 0.29) is 10.8 Å². The maximum atomic E-state index is 12.6. The molecule has 1 amide bonds. The van der Waals surface area contributed by atoms with E-state index < -0.39 is 10.0 Å². The second-order valence-electron chi connectivity index (χ2n) is 5.46. The fourth-order valence-corrected chi connectivity index (χ4v) is 3.63. The van der Waals surface area contributed by atoms with Gasteiger partial charge in [-0.15, -0.1) is 0 Å². The number of carbonyl (C=O) groups is 1. The molecule has 0 radical (unpaired) electrons. The van der Waals surface area contributed by atoms with Crippen LogP contribution in [0, 0.1) is 0 Å². The number of amides is 1. The van der Waals surface area contributed by atoms with Crippen molar-refractivity contribution in [3.05, 3.63) is 88.9 Å². The molecule has 0 saturated carbocycles. The van der Waals surface area contributed by atoms with Crippen LogP contribution < -0.4 is 10.0 Å². The third kappa shape index (κ3) is 4.50. The van der Waals surface area contributed by atoms with E-state index >= 15 is 0 Å². The van der Waals surface area contributed by atoms with Crippen molar-refractivity contribution in [1.82, 2.24) is 0 Å². The molecule has 3 rings (SSSR count). The molecule has 0 spiro atoms. The molecule has 3 aromatic carbocycles. The number of hydrogen-bond donors (Lipinski definition) is 2. The van der Waals surface area contributed by atoms with E-state index in [4.69, 9.17) is 0 Å². The van der Waals surface area contributed by atoms with Crippen LogP contribution in [0.2, 0.25) is 0 Å². The Morgan fingerprint density at radius 3 is 2.19 bits per heavy atom. The van der Waals surface area contributed by atoms with Gasteiger partial charge in [-0.25, -0.2) is 8.42 Å². The Kier molecular flexibility index (Phi) is 5.39. The zero-order valence-corrected chi connectivity index (χ0v) is 15.9. The minimum Gasteiger partial charge on any atom is -0.322 e. The first-order valence-corrected chi connectivity index (χ1v) is 9.96. The molecule has 26 heavy (non-hydrogen) atoms. The van der Waals surface area contributed by atoms with E-state index in [2.05, 4.69) is 26.0 Å². The highest BCUT2D eigenvalue weighted by molar-refractivity contribution is 9.10. The van der Waals surface area contributed by atoms with Crippen LogP contribution in [0.4, 0.5) is 11.4 Å². The molecule has 0 atom stereocenters. The lowest BCUT2D eigenvalue weighted by molar-refractivity contribution is 0.102. The molecule has 0 unspecified atom stereocenters. The number of sulfonamides is 1. The summed E-state index contributed by atoms with van der Waals surface area (Å²) in [6.07, 6.45) is 0. The maximum Gasteiger partial charge on any atom is 0.261 e. The smallest absolute Gasteiger partial charge is 0.261 e. The molecular weight excluding hydrogens is 416 g/mol. The lowest BCUT2D eigenvalue weighted by atomic mass is 10.2. The van der Waals surface area contributed by atoms with Gasteiger partial charge >= 0.3 is 0 Å². The summed E-state index contributed by atoms with van der Waals surface area (Å²) in [7, 11) is -3.77. The van der Waals surface area contributed by atoms with Gasteiger partial charge in [0.25, 0.3) is 15.9 Å². The number of halogens is 1. The zero-order chi connectivity index (χ0) is 18.6. The molecule has 7 heteroatoms. The van der Waals surface area contributed by atoms with Crippen molar-refractivity contribution in [2.24, 2.45) is 0 Å². The minimum absolute atomic E-state index is 0.0614. The number of hydrogen-bond acceptors (Lipinski definition) is 3. The van der Waals surface area contributed by atoms with Crippen molar-refractivity contribution in [3.63, 3.8) is 0 Å². The van der Waals surface area contributed by atoms with Crippen molar-refractivity contribution < 1.29 is 13.2 Å². The van der Waals surface area contributed by atoms with Crippen molar-refractivity contribution in [2.75, 3.05) is 10.0 Å². The van der Waals surface area contributed by atoms with Gasteiger partial charge in [-0.2, -0.15) is 0 Å². The van der Waals surface area contributed by atoms with Crippen molar-refractivity contribution in [1.29, 1.82) is 0 Å². The maximum absolute atomic E-state index is 12.6. The standard InChI is InChI=1S/C19H15BrN2O3S/c20-15-9-11-16(12-10-15)22-26(24,25)18-8-4-7-17(13-18)21-19(23)14-5-2-1-3-6-14/h1-13,22H,(H,21,23). The number of rotatable bonds is 5. The van der Waals surface area contributed by atoms with E-state index in [1.807, 2.05) is 6.07 Å². The molecule has 5 nitrogen and oxygen atoms in total. The monoisotopic (exact) mass is 430 g/mol. The van der Waals surface area contributed by atoms with Gasteiger partial charge in [0, 0.05) is 21.4 Å². The summed E-state index contributed by atoms with van der Waals surface area (Å²) in [6.45, 7) is 0. The van der Waals surface area contributed by atoms with Crippen LogP contribution in [-0.4, -0.2) is 14.3 Å². The Hall–Kier alpha value is -2.64. The molecule has 3 aromatic rings. The van der Waals surface area contributed by atoms with Crippen LogP contribution in [0.5, 0.6) is 0 Å². The Balaban J connectivity index is 1.79.